The molecule has 1 saturated carbocycles. The lowest BCUT2D eigenvalue weighted by molar-refractivity contribution is 0.553. The Morgan fingerprint density at radius 3 is 2.71 bits per heavy atom. The number of nitrogens with one attached hydrogen (secondary N) is 1. The Morgan fingerprint density at radius 1 is 1.19 bits per heavy atom. The zero-order valence-electron chi connectivity index (χ0n) is 12.3. The van der Waals surface area contributed by atoms with Crippen molar-refractivity contribution in [2.45, 2.75) is 32.2 Å². The molecule has 0 spiro atoms. The van der Waals surface area contributed by atoms with E-state index in [0.717, 1.165) is 17.6 Å². The van der Waals surface area contributed by atoms with E-state index >= 15 is 0 Å². The summed E-state index contributed by atoms with van der Waals surface area (Å²) in [4.78, 5) is 11.0. The summed E-state index contributed by atoms with van der Waals surface area (Å²) in [5, 5.41) is 3.26. The number of piperidine rings is 1. The van der Waals surface area contributed by atoms with E-state index in [9.17, 15) is 0 Å². The number of hydrogen-bond acceptors (Lipinski definition) is 4. The Kier molecular flexibility index (Phi) is 3.02. The molecule has 4 heteroatoms. The third-order valence-electron chi connectivity index (χ3n) is 4.74. The lowest BCUT2D eigenvalue weighted by atomic mass is 10.1. The second-order valence-corrected chi connectivity index (χ2v) is 6.18. The molecule has 1 aliphatic heterocycles. The summed E-state index contributed by atoms with van der Waals surface area (Å²) >= 11 is 0. The normalized spacial score (nSPS) is 23.6. The number of benzene rings is 1. The van der Waals surface area contributed by atoms with E-state index in [-0.39, 0.29) is 0 Å². The van der Waals surface area contributed by atoms with Gasteiger partial charge in [-0.1, -0.05) is 0 Å². The van der Waals surface area contributed by atoms with Gasteiger partial charge in [0.25, 0.3) is 0 Å². The van der Waals surface area contributed by atoms with E-state index in [0.29, 0.717) is 5.95 Å². The number of aromatic nitrogens is 2. The lowest BCUT2D eigenvalue weighted by Crippen LogP contribution is -2.32. The maximum Gasteiger partial charge on any atom is 0.227 e. The second-order valence-electron chi connectivity index (χ2n) is 6.18. The van der Waals surface area contributed by atoms with Crippen molar-refractivity contribution in [3.8, 4) is 0 Å². The van der Waals surface area contributed by atoms with Crippen molar-refractivity contribution in [3.05, 3.63) is 42.2 Å². The van der Waals surface area contributed by atoms with E-state index in [1.807, 2.05) is 6.07 Å². The molecule has 21 heavy (non-hydrogen) atoms. The van der Waals surface area contributed by atoms with Crippen LogP contribution in [0, 0.1) is 12.8 Å². The van der Waals surface area contributed by atoms with Gasteiger partial charge in [-0.15, -0.1) is 0 Å². The van der Waals surface area contributed by atoms with Crippen molar-refractivity contribution in [2.75, 3.05) is 16.8 Å². The van der Waals surface area contributed by atoms with E-state index in [4.69, 9.17) is 0 Å². The Labute approximate surface area is 125 Å². The van der Waals surface area contributed by atoms with Gasteiger partial charge in [0.1, 0.15) is 0 Å². The molecule has 2 bridgehead atoms. The van der Waals surface area contributed by atoms with Crippen LogP contribution in [0.3, 0.4) is 0 Å². The summed E-state index contributed by atoms with van der Waals surface area (Å²) in [7, 11) is 0. The minimum atomic E-state index is 0.643. The molecule has 2 aromatic rings. The molecule has 1 N–H and O–H groups in total. The van der Waals surface area contributed by atoms with Crippen LogP contribution in [0.1, 0.15) is 24.8 Å². The maximum absolute atomic E-state index is 4.20. The highest BCUT2D eigenvalue weighted by Crippen LogP contribution is 2.41. The first kappa shape index (κ1) is 12.6. The van der Waals surface area contributed by atoms with Crippen LogP contribution in [0.15, 0.2) is 36.7 Å². The fourth-order valence-electron chi connectivity index (χ4n) is 3.77. The number of nitrogens with zero attached hydrogens (tertiary/aromatic N) is 3. The highest BCUT2D eigenvalue weighted by molar-refractivity contribution is 5.64. The topological polar surface area (TPSA) is 41.1 Å². The highest BCUT2D eigenvalue weighted by Gasteiger charge is 2.38. The van der Waals surface area contributed by atoms with Crippen LogP contribution >= 0.6 is 0 Å². The zero-order chi connectivity index (χ0) is 14.2. The van der Waals surface area contributed by atoms with Gasteiger partial charge in [0.15, 0.2) is 0 Å². The number of aryl methyl sites for hydroxylation is 1. The van der Waals surface area contributed by atoms with Crippen molar-refractivity contribution in [2.24, 2.45) is 5.92 Å². The SMILES string of the molecule is Cc1cc(Nc2ncccn2)ccc1N1C[C@@H]2CC[C@H]1C2. The fourth-order valence-corrected chi connectivity index (χ4v) is 3.77. The molecule has 0 amide bonds. The van der Waals surface area contributed by atoms with Gasteiger partial charge in [0.05, 0.1) is 0 Å². The molecular weight excluding hydrogens is 260 g/mol. The Hall–Kier alpha value is -2.10. The molecule has 2 aliphatic rings. The van der Waals surface area contributed by atoms with Gasteiger partial charge in [0, 0.05) is 36.4 Å². The monoisotopic (exact) mass is 280 g/mol. The third kappa shape index (κ3) is 2.35. The van der Waals surface area contributed by atoms with Crippen LogP contribution in [-0.4, -0.2) is 22.6 Å². The fraction of sp³-hybridized carbons (Fsp3) is 0.412. The van der Waals surface area contributed by atoms with Gasteiger partial charge in [-0.2, -0.15) is 0 Å². The Morgan fingerprint density at radius 2 is 2.05 bits per heavy atom. The standard InChI is InChI=1S/C17H20N4/c1-12-9-14(20-17-18-7-2-8-19-17)4-6-16(12)21-11-13-3-5-15(21)10-13/h2,4,6-9,13,15H,3,5,10-11H2,1H3,(H,18,19,20)/t13-,15+/m1/s1. The third-order valence-corrected chi connectivity index (χ3v) is 4.74. The summed E-state index contributed by atoms with van der Waals surface area (Å²) in [6.07, 6.45) is 7.67. The molecule has 1 aromatic carbocycles. The van der Waals surface area contributed by atoms with Crippen molar-refractivity contribution < 1.29 is 0 Å². The first-order chi connectivity index (χ1) is 10.3. The van der Waals surface area contributed by atoms with Crippen LogP contribution in [-0.2, 0) is 0 Å². The molecule has 2 fully saturated rings. The number of rotatable bonds is 3. The molecular formula is C17H20N4. The van der Waals surface area contributed by atoms with Gasteiger partial charge >= 0.3 is 0 Å². The average molecular weight is 280 g/mol. The summed E-state index contributed by atoms with van der Waals surface area (Å²) < 4.78 is 0. The van der Waals surface area contributed by atoms with Gasteiger partial charge in [-0.05, 0) is 61.9 Å². The molecule has 0 unspecified atom stereocenters. The van der Waals surface area contributed by atoms with E-state index in [1.165, 1.54) is 37.1 Å². The number of hydrogen-bond donors (Lipinski definition) is 1. The summed E-state index contributed by atoms with van der Waals surface area (Å²) in [5.41, 5.74) is 3.76. The van der Waals surface area contributed by atoms with Crippen LogP contribution in [0.4, 0.5) is 17.3 Å². The molecule has 0 radical (unpaired) electrons. The molecule has 4 rings (SSSR count). The van der Waals surface area contributed by atoms with Gasteiger partial charge in [-0.3, -0.25) is 0 Å². The molecule has 2 heterocycles. The van der Waals surface area contributed by atoms with Crippen molar-refractivity contribution in [3.63, 3.8) is 0 Å². The molecule has 1 saturated heterocycles. The number of fused-ring (bicyclic) bond motifs is 2. The molecule has 1 aromatic heterocycles. The van der Waals surface area contributed by atoms with E-state index in [2.05, 4.69) is 45.3 Å². The molecule has 1 aliphatic carbocycles. The predicted molar refractivity (Wildman–Crippen MR) is 85.0 cm³/mol. The van der Waals surface area contributed by atoms with Crippen molar-refractivity contribution >= 4 is 17.3 Å². The molecule has 4 nitrogen and oxygen atoms in total. The molecule has 2 atom stereocenters. The highest BCUT2D eigenvalue weighted by atomic mass is 15.2. The summed E-state index contributed by atoms with van der Waals surface area (Å²) in [5.74, 6) is 1.56. The van der Waals surface area contributed by atoms with E-state index in [1.54, 1.807) is 12.4 Å². The minimum Gasteiger partial charge on any atom is -0.368 e. The van der Waals surface area contributed by atoms with Crippen LogP contribution in [0.5, 0.6) is 0 Å². The quantitative estimate of drug-likeness (QED) is 0.934. The molecule has 108 valence electrons. The first-order valence-corrected chi connectivity index (χ1v) is 7.71. The lowest BCUT2D eigenvalue weighted by Gasteiger charge is -2.30. The van der Waals surface area contributed by atoms with Crippen LogP contribution in [0.25, 0.3) is 0 Å². The summed E-state index contributed by atoms with van der Waals surface area (Å²) in [6, 6.07) is 9.15. The van der Waals surface area contributed by atoms with Gasteiger partial charge < -0.3 is 10.2 Å². The van der Waals surface area contributed by atoms with Crippen molar-refractivity contribution in [1.29, 1.82) is 0 Å². The van der Waals surface area contributed by atoms with Gasteiger partial charge in [0.2, 0.25) is 5.95 Å². The van der Waals surface area contributed by atoms with Crippen LogP contribution < -0.4 is 10.2 Å². The average Bonchev–Trinajstić information content (AvgIpc) is 3.11. The van der Waals surface area contributed by atoms with Crippen LogP contribution in [0.2, 0.25) is 0 Å². The van der Waals surface area contributed by atoms with Crippen molar-refractivity contribution in [1.82, 2.24) is 9.97 Å². The number of anilines is 3. The Bertz CT molecular complexity index is 640. The van der Waals surface area contributed by atoms with Gasteiger partial charge in [-0.25, -0.2) is 9.97 Å². The minimum absolute atomic E-state index is 0.643. The van der Waals surface area contributed by atoms with E-state index < -0.39 is 0 Å². The maximum atomic E-state index is 4.20. The smallest absolute Gasteiger partial charge is 0.227 e. The Balaban J connectivity index is 1.55. The summed E-state index contributed by atoms with van der Waals surface area (Å²) in [6.45, 7) is 3.43. The predicted octanol–water partition coefficient (Wildman–Crippen LogP) is 3.52. The zero-order valence-corrected chi connectivity index (χ0v) is 12.3. The largest absolute Gasteiger partial charge is 0.368 e. The first-order valence-electron chi connectivity index (χ1n) is 7.71. The second kappa shape index (κ2) is 5.02.